The second-order valence-corrected chi connectivity index (χ2v) is 2.55. The second kappa shape index (κ2) is 5.49. The van der Waals surface area contributed by atoms with E-state index < -0.39 is 0 Å². The number of nitrogens with one attached hydrogen (secondary N) is 3. The molecule has 0 radical (unpaired) electrons. The van der Waals surface area contributed by atoms with Gasteiger partial charge >= 0.3 is 0 Å². The summed E-state index contributed by atoms with van der Waals surface area (Å²) < 4.78 is 0. The molecule has 11 heavy (non-hydrogen) atoms. The van der Waals surface area contributed by atoms with E-state index in [1.807, 2.05) is 21.1 Å². The minimum atomic E-state index is -0.153. The number of rotatable bonds is 6. The monoisotopic (exact) mass is 160 g/mol. The van der Waals surface area contributed by atoms with Gasteiger partial charge in [-0.2, -0.15) is 0 Å². The van der Waals surface area contributed by atoms with Crippen LogP contribution in [0, 0.1) is 0 Å². The van der Waals surface area contributed by atoms with Crippen molar-refractivity contribution < 1.29 is 0 Å². The Morgan fingerprint density at radius 3 is 1.82 bits per heavy atom. The Balaban J connectivity index is 3.84. The highest BCUT2D eigenvalue weighted by molar-refractivity contribution is 4.77. The normalized spacial score (nSPS) is 12.0. The van der Waals surface area contributed by atoms with Crippen molar-refractivity contribution in [2.24, 2.45) is 5.73 Å². The predicted octanol–water partition coefficient (Wildman–Crippen LogP) is -0.963. The number of hydrogen-bond acceptors (Lipinski definition) is 4. The molecule has 4 nitrogen and oxygen atoms in total. The van der Waals surface area contributed by atoms with Crippen LogP contribution in [-0.4, -0.2) is 33.5 Å². The Kier molecular flexibility index (Phi) is 5.41. The van der Waals surface area contributed by atoms with E-state index in [4.69, 9.17) is 5.73 Å². The fourth-order valence-electron chi connectivity index (χ4n) is 1.12. The van der Waals surface area contributed by atoms with Crippen molar-refractivity contribution in [2.45, 2.75) is 18.6 Å². The van der Waals surface area contributed by atoms with Gasteiger partial charge in [0.15, 0.2) is 0 Å². The predicted molar refractivity (Wildman–Crippen MR) is 48.2 cm³/mol. The summed E-state index contributed by atoms with van der Waals surface area (Å²) in [5.74, 6) is -0.153. The topological polar surface area (TPSA) is 62.1 Å². The van der Waals surface area contributed by atoms with E-state index in [1.165, 1.54) is 0 Å². The standard InChI is InChI=1S/C7H20N4/c1-9-7(10-2,11-3)5-4-6-8/h9-11H,4-6,8H2,1-3H3. The summed E-state index contributed by atoms with van der Waals surface area (Å²) in [6, 6.07) is 0. The number of hydrogen-bond donors (Lipinski definition) is 4. The molecule has 0 saturated carbocycles. The van der Waals surface area contributed by atoms with Crippen LogP contribution in [0.1, 0.15) is 12.8 Å². The Bertz CT molecular complexity index is 82.2. The van der Waals surface area contributed by atoms with E-state index in [0.717, 1.165) is 19.4 Å². The molecule has 0 aliphatic carbocycles. The molecular weight excluding hydrogens is 140 g/mol. The lowest BCUT2D eigenvalue weighted by atomic mass is 10.2. The molecular formula is C7H20N4. The molecule has 0 fully saturated rings. The maximum atomic E-state index is 5.42. The molecule has 0 spiro atoms. The summed E-state index contributed by atoms with van der Waals surface area (Å²) in [5, 5.41) is 9.52. The average molecular weight is 160 g/mol. The third-order valence-electron chi connectivity index (χ3n) is 2.04. The fourth-order valence-corrected chi connectivity index (χ4v) is 1.12. The van der Waals surface area contributed by atoms with Crippen molar-refractivity contribution in [2.75, 3.05) is 27.7 Å². The minimum Gasteiger partial charge on any atom is -0.330 e. The van der Waals surface area contributed by atoms with E-state index in [1.54, 1.807) is 0 Å². The Morgan fingerprint density at radius 2 is 1.55 bits per heavy atom. The maximum Gasteiger partial charge on any atom is 0.122 e. The molecule has 4 heteroatoms. The van der Waals surface area contributed by atoms with E-state index in [9.17, 15) is 0 Å². The molecule has 0 aliphatic heterocycles. The first-order valence-electron chi connectivity index (χ1n) is 4.01. The highest BCUT2D eigenvalue weighted by Gasteiger charge is 2.21. The lowest BCUT2D eigenvalue weighted by Crippen LogP contribution is -2.63. The Morgan fingerprint density at radius 1 is 1.09 bits per heavy atom. The van der Waals surface area contributed by atoms with Gasteiger partial charge in [-0.15, -0.1) is 0 Å². The highest BCUT2D eigenvalue weighted by atomic mass is 15.3. The average Bonchev–Trinajstić information content (AvgIpc) is 2.08. The van der Waals surface area contributed by atoms with Crippen LogP contribution in [0.5, 0.6) is 0 Å². The van der Waals surface area contributed by atoms with Crippen LogP contribution in [0.15, 0.2) is 0 Å². The van der Waals surface area contributed by atoms with Gasteiger partial charge in [0.1, 0.15) is 5.79 Å². The van der Waals surface area contributed by atoms with E-state index >= 15 is 0 Å². The summed E-state index contributed by atoms with van der Waals surface area (Å²) in [7, 11) is 5.76. The largest absolute Gasteiger partial charge is 0.330 e. The smallest absolute Gasteiger partial charge is 0.122 e. The van der Waals surface area contributed by atoms with E-state index in [2.05, 4.69) is 16.0 Å². The molecule has 0 aliphatic rings. The number of nitrogens with two attached hydrogens (primary N) is 1. The first kappa shape index (κ1) is 10.8. The summed E-state index contributed by atoms with van der Waals surface area (Å²) in [5.41, 5.74) is 5.42. The van der Waals surface area contributed by atoms with Gasteiger partial charge in [-0.25, -0.2) is 0 Å². The van der Waals surface area contributed by atoms with Crippen LogP contribution in [-0.2, 0) is 0 Å². The molecule has 5 N–H and O–H groups in total. The molecule has 0 saturated heterocycles. The van der Waals surface area contributed by atoms with Gasteiger partial charge in [-0.3, -0.25) is 16.0 Å². The van der Waals surface area contributed by atoms with Crippen LogP contribution in [0.4, 0.5) is 0 Å². The quantitative estimate of drug-likeness (QED) is 0.378. The fraction of sp³-hybridized carbons (Fsp3) is 1.00. The third-order valence-corrected chi connectivity index (χ3v) is 2.04. The van der Waals surface area contributed by atoms with Crippen molar-refractivity contribution in [1.82, 2.24) is 16.0 Å². The first-order chi connectivity index (χ1) is 5.24. The minimum absolute atomic E-state index is 0.153. The van der Waals surface area contributed by atoms with Gasteiger partial charge in [0, 0.05) is 0 Å². The van der Waals surface area contributed by atoms with Crippen molar-refractivity contribution in [3.05, 3.63) is 0 Å². The summed E-state index contributed by atoms with van der Waals surface area (Å²) in [6.07, 6.45) is 1.98. The van der Waals surface area contributed by atoms with Crippen molar-refractivity contribution in [3.63, 3.8) is 0 Å². The SMILES string of the molecule is CNC(CCCN)(NC)NC. The molecule has 0 atom stereocenters. The van der Waals surface area contributed by atoms with Crippen LogP contribution < -0.4 is 21.7 Å². The molecule has 0 rings (SSSR count). The lowest BCUT2D eigenvalue weighted by molar-refractivity contribution is 0.223. The second-order valence-electron chi connectivity index (χ2n) is 2.55. The highest BCUT2D eigenvalue weighted by Crippen LogP contribution is 2.02. The van der Waals surface area contributed by atoms with Crippen LogP contribution in [0.3, 0.4) is 0 Å². The van der Waals surface area contributed by atoms with Crippen LogP contribution >= 0.6 is 0 Å². The third kappa shape index (κ3) is 3.16. The van der Waals surface area contributed by atoms with Gasteiger partial charge in [0.2, 0.25) is 0 Å². The molecule has 0 unspecified atom stereocenters. The van der Waals surface area contributed by atoms with Gasteiger partial charge in [-0.1, -0.05) is 0 Å². The first-order valence-corrected chi connectivity index (χ1v) is 4.01. The summed E-state index contributed by atoms with van der Waals surface area (Å²) in [4.78, 5) is 0. The van der Waals surface area contributed by atoms with Gasteiger partial charge in [-0.05, 0) is 40.5 Å². The van der Waals surface area contributed by atoms with Gasteiger partial charge < -0.3 is 5.73 Å². The lowest BCUT2D eigenvalue weighted by Gasteiger charge is -2.32. The molecule has 0 aromatic rings. The Labute approximate surface area is 68.9 Å². The Hall–Kier alpha value is -0.160. The summed E-state index contributed by atoms with van der Waals surface area (Å²) >= 11 is 0. The zero-order valence-electron chi connectivity index (χ0n) is 7.70. The zero-order chi connectivity index (χ0) is 8.74. The zero-order valence-corrected chi connectivity index (χ0v) is 7.70. The van der Waals surface area contributed by atoms with Gasteiger partial charge in [0.25, 0.3) is 0 Å². The van der Waals surface area contributed by atoms with Crippen LogP contribution in [0.2, 0.25) is 0 Å². The molecule has 0 bridgehead atoms. The molecule has 0 aromatic heterocycles. The summed E-state index contributed by atoms with van der Waals surface area (Å²) in [6.45, 7) is 0.729. The molecule has 0 heterocycles. The van der Waals surface area contributed by atoms with Crippen molar-refractivity contribution in [3.8, 4) is 0 Å². The van der Waals surface area contributed by atoms with Crippen LogP contribution in [0.25, 0.3) is 0 Å². The van der Waals surface area contributed by atoms with Crippen molar-refractivity contribution >= 4 is 0 Å². The molecule has 0 amide bonds. The maximum absolute atomic E-state index is 5.42. The van der Waals surface area contributed by atoms with Crippen molar-refractivity contribution in [1.29, 1.82) is 0 Å². The molecule has 0 aromatic carbocycles. The van der Waals surface area contributed by atoms with E-state index in [0.29, 0.717) is 0 Å². The van der Waals surface area contributed by atoms with Gasteiger partial charge in [0.05, 0.1) is 0 Å². The van der Waals surface area contributed by atoms with E-state index in [-0.39, 0.29) is 5.79 Å². The molecule has 68 valence electrons.